The zero-order valence-corrected chi connectivity index (χ0v) is 14.1. The fourth-order valence-corrected chi connectivity index (χ4v) is 3.08. The second-order valence-corrected chi connectivity index (χ2v) is 6.20. The van der Waals surface area contributed by atoms with Gasteiger partial charge >= 0.3 is 0 Å². The van der Waals surface area contributed by atoms with E-state index >= 15 is 0 Å². The van der Waals surface area contributed by atoms with E-state index in [0.717, 1.165) is 23.2 Å². The lowest BCUT2D eigenvalue weighted by Gasteiger charge is -2.27. The van der Waals surface area contributed by atoms with Crippen LogP contribution >= 0.6 is 11.6 Å². The molecule has 5 nitrogen and oxygen atoms in total. The van der Waals surface area contributed by atoms with E-state index in [1.54, 1.807) is 6.07 Å². The van der Waals surface area contributed by atoms with Gasteiger partial charge in [0, 0.05) is 31.1 Å². The predicted octanol–water partition coefficient (Wildman–Crippen LogP) is 2.95. The number of aromatic nitrogens is 2. The maximum atomic E-state index is 12.3. The molecule has 2 heterocycles. The third kappa shape index (κ3) is 3.34. The van der Waals surface area contributed by atoms with Gasteiger partial charge in [0.1, 0.15) is 5.75 Å². The Morgan fingerprint density at radius 3 is 3.09 bits per heavy atom. The van der Waals surface area contributed by atoms with E-state index in [-0.39, 0.29) is 11.9 Å². The zero-order chi connectivity index (χ0) is 16.4. The van der Waals surface area contributed by atoms with Crippen molar-refractivity contribution in [1.82, 2.24) is 15.1 Å². The first-order valence-corrected chi connectivity index (χ1v) is 8.12. The molecule has 1 aromatic heterocycles. The van der Waals surface area contributed by atoms with Crippen molar-refractivity contribution in [2.75, 3.05) is 6.61 Å². The number of hydrogen-bond acceptors (Lipinski definition) is 3. The van der Waals surface area contributed by atoms with Crippen LogP contribution in [0.4, 0.5) is 0 Å². The lowest BCUT2D eigenvalue weighted by atomic mass is 10.00. The average molecular weight is 334 g/mol. The van der Waals surface area contributed by atoms with Crippen LogP contribution in [0.2, 0.25) is 5.02 Å². The quantitative estimate of drug-likeness (QED) is 0.936. The molecule has 0 radical (unpaired) electrons. The highest BCUT2D eigenvalue weighted by molar-refractivity contribution is 6.32. The van der Waals surface area contributed by atoms with Crippen LogP contribution in [0.3, 0.4) is 0 Å². The minimum absolute atomic E-state index is 0.0334. The number of hydrogen-bond donors (Lipinski definition) is 1. The number of para-hydroxylation sites is 1. The molecule has 0 bridgehead atoms. The van der Waals surface area contributed by atoms with E-state index in [1.807, 2.05) is 37.0 Å². The molecule has 3 rings (SSSR count). The van der Waals surface area contributed by atoms with E-state index in [0.29, 0.717) is 30.2 Å². The Hall–Kier alpha value is -2.01. The van der Waals surface area contributed by atoms with Crippen LogP contribution < -0.4 is 10.1 Å². The first-order chi connectivity index (χ1) is 11.1. The van der Waals surface area contributed by atoms with Crippen molar-refractivity contribution in [3.63, 3.8) is 0 Å². The van der Waals surface area contributed by atoms with Gasteiger partial charge in [0.15, 0.2) is 0 Å². The van der Waals surface area contributed by atoms with Gasteiger partial charge in [0.05, 0.1) is 23.9 Å². The van der Waals surface area contributed by atoms with Crippen LogP contribution in [0.15, 0.2) is 24.4 Å². The summed E-state index contributed by atoms with van der Waals surface area (Å²) in [7, 11) is 1.90. The summed E-state index contributed by atoms with van der Waals surface area (Å²) in [5.74, 6) is 0.722. The molecule has 0 fully saturated rings. The van der Waals surface area contributed by atoms with Crippen LogP contribution in [-0.2, 0) is 18.3 Å². The van der Waals surface area contributed by atoms with Crippen molar-refractivity contribution in [3.05, 3.63) is 46.2 Å². The van der Waals surface area contributed by atoms with Crippen molar-refractivity contribution in [2.24, 2.45) is 7.05 Å². The molecule has 1 aliphatic heterocycles. The molecule has 0 spiro atoms. The molecule has 1 aliphatic rings. The number of carbonyl (C=O) groups excluding carboxylic acids is 1. The summed E-state index contributed by atoms with van der Waals surface area (Å²) in [4.78, 5) is 12.3. The highest BCUT2D eigenvalue weighted by Crippen LogP contribution is 2.37. The van der Waals surface area contributed by atoms with Crippen LogP contribution in [0.25, 0.3) is 0 Å². The average Bonchev–Trinajstić information content (AvgIpc) is 2.86. The Morgan fingerprint density at radius 1 is 1.52 bits per heavy atom. The molecule has 0 saturated carbocycles. The summed E-state index contributed by atoms with van der Waals surface area (Å²) in [6.45, 7) is 2.57. The minimum Gasteiger partial charge on any atom is -0.492 e. The van der Waals surface area contributed by atoms with Gasteiger partial charge in [-0.05, 0) is 25.0 Å². The first-order valence-electron chi connectivity index (χ1n) is 7.74. The Bertz CT molecular complexity index is 727. The Kier molecular flexibility index (Phi) is 4.57. The monoisotopic (exact) mass is 333 g/mol. The zero-order valence-electron chi connectivity index (χ0n) is 13.3. The van der Waals surface area contributed by atoms with Gasteiger partial charge in [-0.15, -0.1) is 0 Å². The van der Waals surface area contributed by atoms with Crippen molar-refractivity contribution >= 4 is 17.5 Å². The van der Waals surface area contributed by atoms with Crippen molar-refractivity contribution in [2.45, 2.75) is 32.2 Å². The van der Waals surface area contributed by atoms with Crippen molar-refractivity contribution < 1.29 is 9.53 Å². The number of benzene rings is 1. The predicted molar refractivity (Wildman–Crippen MR) is 88.7 cm³/mol. The Balaban J connectivity index is 1.63. The number of amides is 1. The molecule has 2 aromatic rings. The molecule has 0 aliphatic carbocycles. The normalized spacial score (nSPS) is 16.6. The smallest absolute Gasteiger partial charge is 0.220 e. The second-order valence-electron chi connectivity index (χ2n) is 5.79. The fraction of sp³-hybridized carbons (Fsp3) is 0.412. The Labute approximate surface area is 140 Å². The molecule has 1 amide bonds. The van der Waals surface area contributed by atoms with Gasteiger partial charge in [-0.2, -0.15) is 5.10 Å². The molecule has 0 saturated heterocycles. The van der Waals surface area contributed by atoms with E-state index in [4.69, 9.17) is 16.3 Å². The van der Waals surface area contributed by atoms with Crippen LogP contribution in [0.1, 0.15) is 35.7 Å². The first kappa shape index (κ1) is 15.9. The number of aryl methyl sites for hydroxylation is 2. The molecule has 6 heteroatoms. The summed E-state index contributed by atoms with van der Waals surface area (Å²) < 4.78 is 7.44. The molecule has 1 atom stereocenters. The van der Waals surface area contributed by atoms with Gasteiger partial charge in [0.2, 0.25) is 5.91 Å². The molecule has 1 N–H and O–H groups in total. The van der Waals surface area contributed by atoms with Gasteiger partial charge in [-0.1, -0.05) is 23.7 Å². The van der Waals surface area contributed by atoms with Crippen LogP contribution in [-0.4, -0.2) is 22.3 Å². The number of fused-ring (bicyclic) bond motifs is 1. The Morgan fingerprint density at radius 2 is 2.35 bits per heavy atom. The van der Waals surface area contributed by atoms with Gasteiger partial charge in [-0.3, -0.25) is 9.48 Å². The molecular weight excluding hydrogens is 314 g/mol. The molecule has 1 unspecified atom stereocenters. The lowest BCUT2D eigenvalue weighted by Crippen LogP contribution is -2.32. The highest BCUT2D eigenvalue weighted by Gasteiger charge is 2.24. The fourth-order valence-electron chi connectivity index (χ4n) is 2.84. The topological polar surface area (TPSA) is 56.1 Å². The van der Waals surface area contributed by atoms with Gasteiger partial charge in [-0.25, -0.2) is 0 Å². The maximum absolute atomic E-state index is 12.3. The van der Waals surface area contributed by atoms with Crippen LogP contribution in [0, 0.1) is 6.92 Å². The third-order valence-corrected chi connectivity index (χ3v) is 4.62. The molecule has 122 valence electrons. The van der Waals surface area contributed by atoms with E-state index in [2.05, 4.69) is 10.4 Å². The largest absolute Gasteiger partial charge is 0.492 e. The third-order valence-electron chi connectivity index (χ3n) is 4.32. The molecular formula is C17H20ClN3O2. The number of ether oxygens (including phenoxy) is 1. The van der Waals surface area contributed by atoms with Crippen molar-refractivity contribution in [1.29, 1.82) is 0 Å². The van der Waals surface area contributed by atoms with Crippen LogP contribution in [0.5, 0.6) is 5.75 Å². The minimum atomic E-state index is -0.0417. The summed E-state index contributed by atoms with van der Waals surface area (Å²) in [6, 6.07) is 5.60. The highest BCUT2D eigenvalue weighted by atomic mass is 35.5. The number of nitrogens with one attached hydrogen (secondary N) is 1. The summed E-state index contributed by atoms with van der Waals surface area (Å²) >= 11 is 6.16. The summed E-state index contributed by atoms with van der Waals surface area (Å²) in [5, 5.41) is 7.89. The summed E-state index contributed by atoms with van der Waals surface area (Å²) in [5.41, 5.74) is 3.16. The molecule has 23 heavy (non-hydrogen) atoms. The summed E-state index contributed by atoms with van der Waals surface area (Å²) in [6.07, 6.45) is 3.72. The second kappa shape index (κ2) is 6.62. The van der Waals surface area contributed by atoms with Gasteiger partial charge in [0.25, 0.3) is 0 Å². The number of nitrogens with zero attached hydrogens (tertiary/aromatic N) is 2. The van der Waals surface area contributed by atoms with E-state index in [1.165, 1.54) is 0 Å². The van der Waals surface area contributed by atoms with E-state index in [9.17, 15) is 4.79 Å². The van der Waals surface area contributed by atoms with E-state index < -0.39 is 0 Å². The maximum Gasteiger partial charge on any atom is 0.220 e. The number of halogens is 1. The van der Waals surface area contributed by atoms with Gasteiger partial charge < -0.3 is 10.1 Å². The van der Waals surface area contributed by atoms with Crippen molar-refractivity contribution in [3.8, 4) is 5.75 Å². The lowest BCUT2D eigenvalue weighted by molar-refractivity contribution is -0.122. The SMILES string of the molecule is Cc1c(CCC(=O)NC2CCOc3c(Cl)cccc32)cnn1C. The molecule has 1 aromatic carbocycles. The number of rotatable bonds is 4. The number of carbonyl (C=O) groups is 1. The standard InChI is InChI=1S/C17H20ClN3O2/c1-11-12(10-19-21(11)2)6-7-16(22)20-15-8-9-23-17-13(15)4-3-5-14(17)18/h3-5,10,15H,6-9H2,1-2H3,(H,20,22).